The van der Waals surface area contributed by atoms with Crippen molar-refractivity contribution in [3.05, 3.63) is 0 Å². The molecule has 0 aliphatic carbocycles. The molecular formula is C14H30O2. The summed E-state index contributed by atoms with van der Waals surface area (Å²) in [6.07, 6.45) is 5.60. The second-order valence-electron chi connectivity index (χ2n) is 5.09. The maximum Gasteiger partial charge on any atom is 0.302 e. The Morgan fingerprint density at radius 1 is 1.06 bits per heavy atom. The zero-order valence-electron chi connectivity index (χ0n) is 12.0. The first-order chi connectivity index (χ1) is 7.40. The molecule has 0 unspecified atom stereocenters. The first kappa shape index (κ1) is 17.9. The van der Waals surface area contributed by atoms with Crippen molar-refractivity contribution in [2.75, 3.05) is 6.61 Å². The third kappa shape index (κ3) is 23.4. The van der Waals surface area contributed by atoms with Crippen LogP contribution >= 0.6 is 0 Å². The van der Waals surface area contributed by atoms with Gasteiger partial charge < -0.3 is 4.74 Å². The van der Waals surface area contributed by atoms with Crippen LogP contribution < -0.4 is 0 Å². The van der Waals surface area contributed by atoms with Crippen molar-refractivity contribution >= 4 is 5.97 Å². The van der Waals surface area contributed by atoms with E-state index in [0.29, 0.717) is 12.5 Å². The highest BCUT2D eigenvalue weighted by Crippen LogP contribution is 2.06. The van der Waals surface area contributed by atoms with E-state index in [0.717, 1.165) is 5.92 Å². The van der Waals surface area contributed by atoms with Crippen molar-refractivity contribution < 1.29 is 9.53 Å². The van der Waals surface area contributed by atoms with Crippen LogP contribution in [0.2, 0.25) is 0 Å². The molecule has 0 spiro atoms. The van der Waals surface area contributed by atoms with Gasteiger partial charge in [0.05, 0.1) is 6.61 Å². The van der Waals surface area contributed by atoms with Crippen LogP contribution in [0.4, 0.5) is 0 Å². The Labute approximate surface area is 102 Å². The molecule has 2 nitrogen and oxygen atoms in total. The first-order valence-corrected chi connectivity index (χ1v) is 6.53. The Balaban J connectivity index is 0. The molecular weight excluding hydrogens is 200 g/mol. The van der Waals surface area contributed by atoms with Crippen LogP contribution in [-0.4, -0.2) is 12.6 Å². The van der Waals surface area contributed by atoms with E-state index in [-0.39, 0.29) is 5.97 Å². The molecule has 0 aliphatic rings. The van der Waals surface area contributed by atoms with Gasteiger partial charge in [-0.2, -0.15) is 0 Å². The summed E-state index contributed by atoms with van der Waals surface area (Å²) >= 11 is 0. The molecule has 0 atom stereocenters. The lowest BCUT2D eigenvalue weighted by Gasteiger charge is -2.02. The number of esters is 1. The van der Waals surface area contributed by atoms with Gasteiger partial charge in [-0.05, 0) is 11.8 Å². The molecule has 0 fully saturated rings. The molecule has 16 heavy (non-hydrogen) atoms. The maximum atomic E-state index is 10.1. The Bertz CT molecular complexity index is 151. The lowest BCUT2D eigenvalue weighted by Crippen LogP contribution is -2.05. The zero-order chi connectivity index (χ0) is 13.0. The minimum Gasteiger partial charge on any atom is -0.466 e. The highest BCUT2D eigenvalue weighted by Gasteiger charge is 1.94. The van der Waals surface area contributed by atoms with Crippen LogP contribution in [0.25, 0.3) is 0 Å². The van der Waals surface area contributed by atoms with E-state index in [2.05, 4.69) is 25.5 Å². The standard InChI is InChI=1S/C8H18.C6H12O2/c1-4-5-6-7-8(2)3;1-5(2)4-8-6(3)7/h8H,4-7H2,1-3H3;5H,4H2,1-3H3. The van der Waals surface area contributed by atoms with E-state index in [4.69, 9.17) is 0 Å². The lowest BCUT2D eigenvalue weighted by molar-refractivity contribution is -0.141. The van der Waals surface area contributed by atoms with Gasteiger partial charge in [-0.1, -0.05) is 60.3 Å². The summed E-state index contributed by atoms with van der Waals surface area (Å²) in [5.41, 5.74) is 0. The summed E-state index contributed by atoms with van der Waals surface area (Å²) in [7, 11) is 0. The Morgan fingerprint density at radius 3 is 1.88 bits per heavy atom. The van der Waals surface area contributed by atoms with Gasteiger partial charge in [-0.3, -0.25) is 4.79 Å². The Kier molecular flexibility index (Phi) is 14.0. The molecule has 0 amide bonds. The quantitative estimate of drug-likeness (QED) is 0.498. The monoisotopic (exact) mass is 230 g/mol. The van der Waals surface area contributed by atoms with Gasteiger partial charge in [0.1, 0.15) is 0 Å². The van der Waals surface area contributed by atoms with Crippen LogP contribution in [0.3, 0.4) is 0 Å². The van der Waals surface area contributed by atoms with Crippen molar-refractivity contribution in [3.63, 3.8) is 0 Å². The molecule has 0 radical (unpaired) electrons. The minimum atomic E-state index is -0.196. The fourth-order valence-corrected chi connectivity index (χ4v) is 1.09. The number of rotatable bonds is 6. The molecule has 0 aliphatic heterocycles. The number of ether oxygens (including phenoxy) is 1. The fraction of sp³-hybridized carbons (Fsp3) is 0.929. The largest absolute Gasteiger partial charge is 0.466 e. The number of carbonyl (C=O) groups excluding carboxylic acids is 1. The molecule has 0 aromatic rings. The number of carbonyl (C=O) groups is 1. The molecule has 0 saturated heterocycles. The van der Waals surface area contributed by atoms with E-state index in [1.165, 1.54) is 32.6 Å². The van der Waals surface area contributed by atoms with Crippen molar-refractivity contribution in [2.45, 2.75) is 67.2 Å². The smallest absolute Gasteiger partial charge is 0.302 e. The summed E-state index contributed by atoms with van der Waals surface area (Å²) in [4.78, 5) is 10.1. The molecule has 0 N–H and O–H groups in total. The van der Waals surface area contributed by atoms with Gasteiger partial charge in [0.15, 0.2) is 0 Å². The van der Waals surface area contributed by atoms with Crippen molar-refractivity contribution in [1.82, 2.24) is 0 Å². The summed E-state index contributed by atoms with van der Waals surface area (Å²) < 4.78 is 4.66. The lowest BCUT2D eigenvalue weighted by atomic mass is 10.1. The number of hydrogen-bond donors (Lipinski definition) is 0. The normalized spacial score (nSPS) is 10.0. The van der Waals surface area contributed by atoms with Gasteiger partial charge in [0, 0.05) is 6.92 Å². The predicted octanol–water partition coefficient (Wildman–Crippen LogP) is 4.43. The summed E-state index contributed by atoms with van der Waals surface area (Å²) in [5.74, 6) is 1.15. The number of hydrogen-bond acceptors (Lipinski definition) is 2. The molecule has 0 saturated carbocycles. The second-order valence-corrected chi connectivity index (χ2v) is 5.09. The van der Waals surface area contributed by atoms with Crippen molar-refractivity contribution in [1.29, 1.82) is 0 Å². The average Bonchev–Trinajstić information content (AvgIpc) is 2.16. The van der Waals surface area contributed by atoms with Crippen LogP contribution in [0.1, 0.15) is 67.2 Å². The SMILES string of the molecule is CC(=O)OCC(C)C.CCCCCC(C)C. The van der Waals surface area contributed by atoms with Crippen LogP contribution in [0, 0.1) is 11.8 Å². The van der Waals surface area contributed by atoms with E-state index in [1.54, 1.807) is 0 Å². The van der Waals surface area contributed by atoms with Gasteiger partial charge in [-0.15, -0.1) is 0 Å². The van der Waals surface area contributed by atoms with Crippen LogP contribution in [0.5, 0.6) is 0 Å². The molecule has 0 rings (SSSR count). The summed E-state index contributed by atoms with van der Waals surface area (Å²) in [5, 5.41) is 0. The molecule has 98 valence electrons. The highest BCUT2D eigenvalue weighted by atomic mass is 16.5. The average molecular weight is 230 g/mol. The van der Waals surface area contributed by atoms with Gasteiger partial charge in [0.25, 0.3) is 0 Å². The molecule has 0 aromatic heterocycles. The Hall–Kier alpha value is -0.530. The molecule has 0 heterocycles. The van der Waals surface area contributed by atoms with Gasteiger partial charge in [0.2, 0.25) is 0 Å². The predicted molar refractivity (Wildman–Crippen MR) is 70.5 cm³/mol. The second kappa shape index (κ2) is 12.5. The van der Waals surface area contributed by atoms with E-state index < -0.39 is 0 Å². The minimum absolute atomic E-state index is 0.196. The Morgan fingerprint density at radius 2 is 1.62 bits per heavy atom. The van der Waals surface area contributed by atoms with E-state index in [9.17, 15) is 4.79 Å². The fourth-order valence-electron chi connectivity index (χ4n) is 1.09. The molecule has 0 bridgehead atoms. The highest BCUT2D eigenvalue weighted by molar-refractivity contribution is 5.65. The van der Waals surface area contributed by atoms with Crippen LogP contribution in [-0.2, 0) is 9.53 Å². The number of unbranched alkanes of at least 4 members (excludes halogenated alkanes) is 2. The van der Waals surface area contributed by atoms with E-state index >= 15 is 0 Å². The molecule has 2 heteroatoms. The van der Waals surface area contributed by atoms with Crippen LogP contribution in [0.15, 0.2) is 0 Å². The third-order valence-electron chi connectivity index (χ3n) is 2.00. The third-order valence-corrected chi connectivity index (χ3v) is 2.00. The summed E-state index contributed by atoms with van der Waals surface area (Å²) in [6, 6.07) is 0. The zero-order valence-corrected chi connectivity index (χ0v) is 12.0. The van der Waals surface area contributed by atoms with Gasteiger partial charge in [-0.25, -0.2) is 0 Å². The summed E-state index contributed by atoms with van der Waals surface area (Å²) in [6.45, 7) is 12.8. The topological polar surface area (TPSA) is 26.3 Å². The van der Waals surface area contributed by atoms with Crippen molar-refractivity contribution in [2.24, 2.45) is 11.8 Å². The first-order valence-electron chi connectivity index (χ1n) is 6.53. The maximum absolute atomic E-state index is 10.1. The molecule has 0 aromatic carbocycles. The van der Waals surface area contributed by atoms with Crippen molar-refractivity contribution in [3.8, 4) is 0 Å². The van der Waals surface area contributed by atoms with Gasteiger partial charge >= 0.3 is 5.97 Å². The van der Waals surface area contributed by atoms with E-state index in [1.807, 2.05) is 13.8 Å².